The Balaban J connectivity index is 2.46. The molecule has 0 radical (unpaired) electrons. The van der Waals surface area contributed by atoms with E-state index in [1.807, 2.05) is 0 Å². The number of aliphatic carboxylic acids is 1. The summed E-state index contributed by atoms with van der Waals surface area (Å²) in [6.07, 6.45) is 1.71. The number of rotatable bonds is 3. The molecule has 1 saturated heterocycles. The molecule has 1 fully saturated rings. The second-order valence-corrected chi connectivity index (χ2v) is 7.30. The van der Waals surface area contributed by atoms with E-state index in [0.29, 0.717) is 4.31 Å². The average Bonchev–Trinajstić information content (AvgIpc) is 2.38. The predicted molar refractivity (Wildman–Crippen MR) is 73.6 cm³/mol. The van der Waals surface area contributed by atoms with Gasteiger partial charge in [-0.1, -0.05) is 0 Å². The number of carbonyl (C=O) groups is 2. The number of amides is 1. The van der Waals surface area contributed by atoms with Crippen molar-refractivity contribution in [1.29, 1.82) is 0 Å². The maximum absolute atomic E-state index is 13.6. The highest BCUT2D eigenvalue weighted by molar-refractivity contribution is 7.98. The topological polar surface area (TPSA) is 91.8 Å². The molecule has 1 aromatic carbocycles. The van der Waals surface area contributed by atoms with E-state index >= 15 is 0 Å². The third-order valence-electron chi connectivity index (χ3n) is 3.20. The molecule has 0 bridgehead atoms. The number of nitrogens with zero attached hydrogens (tertiary/aromatic N) is 1. The summed E-state index contributed by atoms with van der Waals surface area (Å²) in [4.78, 5) is 22.3. The molecule has 0 atom stereocenters. The minimum atomic E-state index is -3.84. The van der Waals surface area contributed by atoms with Gasteiger partial charge in [-0.15, -0.1) is 0 Å². The van der Waals surface area contributed by atoms with Crippen molar-refractivity contribution < 1.29 is 27.5 Å². The third-order valence-corrected chi connectivity index (χ3v) is 5.53. The zero-order chi connectivity index (χ0) is 16.0. The standard InChI is InChI=1S/C13H12FNO5S/c1-13(2)12(18)15(21(13,19)20)9-4-5-10(14)8(7-9)3-6-11(16)17/h3-7H,1-2H3,(H,16,17)/b6-3+. The highest BCUT2D eigenvalue weighted by Gasteiger charge is 2.60. The van der Waals surface area contributed by atoms with Crippen molar-refractivity contribution in [1.82, 2.24) is 0 Å². The van der Waals surface area contributed by atoms with Gasteiger partial charge in [-0.2, -0.15) is 0 Å². The van der Waals surface area contributed by atoms with Gasteiger partial charge < -0.3 is 5.11 Å². The Morgan fingerprint density at radius 2 is 2.00 bits per heavy atom. The SMILES string of the molecule is CC1(C)C(=O)N(c2ccc(F)c(/C=C/C(=O)O)c2)S1(=O)=O. The lowest BCUT2D eigenvalue weighted by molar-refractivity contribution is -0.131. The summed E-state index contributed by atoms with van der Waals surface area (Å²) in [6.45, 7) is 2.58. The lowest BCUT2D eigenvalue weighted by Crippen LogP contribution is -2.67. The summed E-state index contributed by atoms with van der Waals surface area (Å²) in [5.74, 6) is -2.61. The molecule has 1 aromatic rings. The molecule has 6 nitrogen and oxygen atoms in total. The monoisotopic (exact) mass is 313 g/mol. The van der Waals surface area contributed by atoms with Crippen molar-refractivity contribution in [2.45, 2.75) is 18.6 Å². The molecular formula is C13H12FNO5S. The predicted octanol–water partition coefficient (Wildman–Crippen LogP) is 1.38. The van der Waals surface area contributed by atoms with Gasteiger partial charge in [0.05, 0.1) is 5.69 Å². The van der Waals surface area contributed by atoms with Gasteiger partial charge in [0.2, 0.25) is 0 Å². The van der Waals surface area contributed by atoms with Gasteiger partial charge in [-0.25, -0.2) is 21.9 Å². The van der Waals surface area contributed by atoms with Crippen LogP contribution in [0.1, 0.15) is 19.4 Å². The zero-order valence-corrected chi connectivity index (χ0v) is 12.0. The molecule has 1 amide bonds. The van der Waals surface area contributed by atoms with Gasteiger partial charge in [0.15, 0.2) is 4.75 Å². The molecule has 0 unspecified atom stereocenters. The van der Waals surface area contributed by atoms with Gasteiger partial charge in [-0.05, 0) is 38.1 Å². The Hall–Kier alpha value is -2.22. The number of halogens is 1. The first kappa shape index (κ1) is 15.2. The van der Waals surface area contributed by atoms with Crippen molar-refractivity contribution in [3.8, 4) is 0 Å². The Kier molecular flexibility index (Phi) is 3.37. The van der Waals surface area contributed by atoms with Gasteiger partial charge in [0, 0.05) is 11.6 Å². The molecule has 1 aliphatic heterocycles. The van der Waals surface area contributed by atoms with Crippen LogP contribution < -0.4 is 4.31 Å². The first-order valence-electron chi connectivity index (χ1n) is 5.89. The van der Waals surface area contributed by atoms with E-state index in [1.54, 1.807) is 0 Å². The van der Waals surface area contributed by atoms with Crippen LogP contribution in [0, 0.1) is 5.82 Å². The molecular weight excluding hydrogens is 301 g/mol. The van der Waals surface area contributed by atoms with Crippen LogP contribution in [-0.4, -0.2) is 30.1 Å². The summed E-state index contributed by atoms with van der Waals surface area (Å²) >= 11 is 0. The van der Waals surface area contributed by atoms with E-state index in [9.17, 15) is 22.4 Å². The fourth-order valence-corrected chi connectivity index (χ4v) is 3.33. The van der Waals surface area contributed by atoms with Crippen LogP contribution in [0.15, 0.2) is 24.3 Å². The number of sulfonamides is 1. The summed E-state index contributed by atoms with van der Waals surface area (Å²) < 4.78 is 36.7. The lowest BCUT2D eigenvalue weighted by Gasteiger charge is -2.42. The molecule has 0 aromatic heterocycles. The van der Waals surface area contributed by atoms with Gasteiger partial charge >= 0.3 is 5.97 Å². The summed E-state index contributed by atoms with van der Waals surface area (Å²) in [5, 5.41) is 8.53. The van der Waals surface area contributed by atoms with Gasteiger partial charge in [-0.3, -0.25) is 4.79 Å². The van der Waals surface area contributed by atoms with Crippen LogP contribution in [0.3, 0.4) is 0 Å². The minimum absolute atomic E-state index is 0.0224. The van der Waals surface area contributed by atoms with E-state index in [-0.39, 0.29) is 11.3 Å². The number of anilines is 1. The normalized spacial score (nSPS) is 19.6. The maximum atomic E-state index is 13.6. The van der Waals surface area contributed by atoms with Gasteiger partial charge in [0.25, 0.3) is 15.9 Å². The van der Waals surface area contributed by atoms with E-state index in [4.69, 9.17) is 5.11 Å². The highest BCUT2D eigenvalue weighted by atomic mass is 32.2. The van der Waals surface area contributed by atoms with Crippen molar-refractivity contribution in [2.75, 3.05) is 4.31 Å². The Labute approximate surface area is 120 Å². The molecule has 1 heterocycles. The number of carbonyl (C=O) groups excluding carboxylic acids is 1. The van der Waals surface area contributed by atoms with Crippen LogP contribution in [0.2, 0.25) is 0 Å². The molecule has 0 spiro atoms. The van der Waals surface area contributed by atoms with E-state index in [2.05, 4.69) is 0 Å². The molecule has 1 N–H and O–H groups in total. The number of hydrogen-bond acceptors (Lipinski definition) is 4. The molecule has 2 rings (SSSR count). The number of hydrogen-bond donors (Lipinski definition) is 1. The third kappa shape index (κ3) is 2.21. The van der Waals surface area contributed by atoms with E-state index in [1.165, 1.54) is 13.8 Å². The first-order valence-corrected chi connectivity index (χ1v) is 7.33. The number of carboxylic acids is 1. The minimum Gasteiger partial charge on any atom is -0.478 e. The van der Waals surface area contributed by atoms with Crippen LogP contribution >= 0.6 is 0 Å². The Morgan fingerprint density at radius 3 is 2.52 bits per heavy atom. The van der Waals surface area contributed by atoms with Crippen LogP contribution in [-0.2, 0) is 19.6 Å². The van der Waals surface area contributed by atoms with Gasteiger partial charge in [0.1, 0.15) is 5.82 Å². The summed E-state index contributed by atoms with van der Waals surface area (Å²) in [6, 6.07) is 3.24. The van der Waals surface area contributed by atoms with Crippen LogP contribution in [0.5, 0.6) is 0 Å². The quantitative estimate of drug-likeness (QED) is 0.851. The van der Waals surface area contributed by atoms with Crippen molar-refractivity contribution in [2.24, 2.45) is 0 Å². The largest absolute Gasteiger partial charge is 0.478 e. The molecule has 112 valence electrons. The molecule has 0 saturated carbocycles. The highest BCUT2D eigenvalue weighted by Crippen LogP contribution is 2.39. The van der Waals surface area contributed by atoms with Crippen molar-refractivity contribution in [3.05, 3.63) is 35.7 Å². The fourth-order valence-electron chi connectivity index (χ4n) is 1.86. The molecule has 1 aliphatic rings. The second-order valence-electron chi connectivity index (χ2n) is 4.96. The lowest BCUT2D eigenvalue weighted by atomic mass is 10.1. The second kappa shape index (κ2) is 4.66. The molecule has 21 heavy (non-hydrogen) atoms. The Bertz CT molecular complexity index is 767. The zero-order valence-electron chi connectivity index (χ0n) is 11.2. The number of benzene rings is 1. The average molecular weight is 313 g/mol. The summed E-state index contributed by atoms with van der Waals surface area (Å²) in [7, 11) is -3.84. The molecule has 0 aliphatic carbocycles. The van der Waals surface area contributed by atoms with E-state index in [0.717, 1.165) is 30.4 Å². The summed E-state index contributed by atoms with van der Waals surface area (Å²) in [5.41, 5.74) is -0.145. The van der Waals surface area contributed by atoms with Crippen LogP contribution in [0.4, 0.5) is 10.1 Å². The van der Waals surface area contributed by atoms with Crippen LogP contribution in [0.25, 0.3) is 6.08 Å². The van der Waals surface area contributed by atoms with E-state index < -0.39 is 32.5 Å². The fraction of sp³-hybridized carbons (Fsp3) is 0.231. The van der Waals surface area contributed by atoms with Crippen molar-refractivity contribution >= 4 is 33.7 Å². The number of carboxylic acid groups (broad SMARTS) is 1. The van der Waals surface area contributed by atoms with Crippen molar-refractivity contribution in [3.63, 3.8) is 0 Å². The smallest absolute Gasteiger partial charge is 0.328 e. The maximum Gasteiger partial charge on any atom is 0.328 e. The Morgan fingerprint density at radius 1 is 1.38 bits per heavy atom. The first-order chi connectivity index (χ1) is 9.59. The molecule has 8 heteroatoms.